The van der Waals surface area contributed by atoms with Gasteiger partial charge in [-0.1, -0.05) is 13.3 Å². The number of rotatable bonds is 9. The highest BCUT2D eigenvalue weighted by Gasteiger charge is 2.23. The normalized spacial score (nSPS) is 14.9. The van der Waals surface area contributed by atoms with Crippen molar-refractivity contribution >= 4 is 5.97 Å². The maximum absolute atomic E-state index is 11.0. The number of nitrogens with two attached hydrogens (primary N) is 1. The molecule has 0 amide bonds. The molecule has 0 aliphatic rings. The minimum atomic E-state index is -0.698. The number of carboxylic acid groups (broad SMARTS) is 1. The predicted molar refractivity (Wildman–Crippen MR) is 59.7 cm³/mol. The number of hydrogen-bond acceptors (Lipinski definition) is 3. The van der Waals surface area contributed by atoms with Crippen LogP contribution in [0.25, 0.3) is 0 Å². The van der Waals surface area contributed by atoms with Crippen LogP contribution < -0.4 is 5.73 Å². The molecule has 0 heterocycles. The summed E-state index contributed by atoms with van der Waals surface area (Å²) in [6.07, 6.45) is 3.32. The number of ether oxygens (including phenoxy) is 1. The summed E-state index contributed by atoms with van der Waals surface area (Å²) in [4.78, 5) is 11.0. The first-order valence-corrected chi connectivity index (χ1v) is 5.55. The molecule has 0 fully saturated rings. The zero-order valence-electron chi connectivity index (χ0n) is 9.74. The van der Waals surface area contributed by atoms with Crippen molar-refractivity contribution < 1.29 is 14.6 Å². The second kappa shape index (κ2) is 8.68. The molecule has 15 heavy (non-hydrogen) atoms. The topological polar surface area (TPSA) is 72.5 Å². The van der Waals surface area contributed by atoms with Crippen molar-refractivity contribution in [3.8, 4) is 0 Å². The summed E-state index contributed by atoms with van der Waals surface area (Å²) in [7, 11) is 1.64. The lowest BCUT2D eigenvalue weighted by atomic mass is 9.87. The van der Waals surface area contributed by atoms with E-state index in [1.54, 1.807) is 7.11 Å². The SMILES string of the molecule is COCCC(C)C(CCCCN)C(=O)O. The number of hydrogen-bond donors (Lipinski definition) is 2. The Labute approximate surface area is 91.8 Å². The average Bonchev–Trinajstić information content (AvgIpc) is 2.20. The molecule has 90 valence electrons. The molecule has 0 saturated carbocycles. The molecule has 0 saturated heterocycles. The molecule has 0 rings (SSSR count). The summed E-state index contributed by atoms with van der Waals surface area (Å²) < 4.78 is 4.96. The Kier molecular flexibility index (Phi) is 8.33. The number of carbonyl (C=O) groups is 1. The van der Waals surface area contributed by atoms with Gasteiger partial charge >= 0.3 is 5.97 Å². The molecule has 0 aromatic heterocycles. The van der Waals surface area contributed by atoms with Crippen molar-refractivity contribution in [3.63, 3.8) is 0 Å². The van der Waals surface area contributed by atoms with E-state index in [1.807, 2.05) is 6.92 Å². The van der Waals surface area contributed by atoms with E-state index in [9.17, 15) is 4.79 Å². The lowest BCUT2D eigenvalue weighted by Gasteiger charge is -2.19. The fourth-order valence-electron chi connectivity index (χ4n) is 1.66. The van der Waals surface area contributed by atoms with Crippen LogP contribution in [0.1, 0.15) is 32.6 Å². The molecule has 0 spiro atoms. The molecule has 3 N–H and O–H groups in total. The molecule has 2 unspecified atom stereocenters. The van der Waals surface area contributed by atoms with Gasteiger partial charge in [0.2, 0.25) is 0 Å². The van der Waals surface area contributed by atoms with E-state index < -0.39 is 5.97 Å². The lowest BCUT2D eigenvalue weighted by molar-refractivity contribution is -0.144. The average molecular weight is 217 g/mol. The summed E-state index contributed by atoms with van der Waals surface area (Å²) in [5.41, 5.74) is 5.38. The highest BCUT2D eigenvalue weighted by atomic mass is 16.5. The Morgan fingerprint density at radius 2 is 2.07 bits per heavy atom. The molecule has 0 aliphatic carbocycles. The van der Waals surface area contributed by atoms with Crippen molar-refractivity contribution in [3.05, 3.63) is 0 Å². The van der Waals surface area contributed by atoms with Gasteiger partial charge in [0.25, 0.3) is 0 Å². The number of unbranched alkanes of at least 4 members (excludes halogenated alkanes) is 1. The molecule has 4 nitrogen and oxygen atoms in total. The van der Waals surface area contributed by atoms with Gasteiger partial charge in [-0.05, 0) is 31.7 Å². The van der Waals surface area contributed by atoms with Crippen LogP contribution in [-0.4, -0.2) is 31.3 Å². The van der Waals surface area contributed by atoms with Crippen LogP contribution in [-0.2, 0) is 9.53 Å². The third-order valence-electron chi connectivity index (χ3n) is 2.75. The number of aliphatic carboxylic acids is 1. The van der Waals surface area contributed by atoms with Gasteiger partial charge in [0.15, 0.2) is 0 Å². The van der Waals surface area contributed by atoms with Crippen LogP contribution in [0.2, 0.25) is 0 Å². The largest absolute Gasteiger partial charge is 0.481 e. The highest BCUT2D eigenvalue weighted by molar-refractivity contribution is 5.70. The molecule has 0 bridgehead atoms. The molecule has 0 aromatic carbocycles. The maximum Gasteiger partial charge on any atom is 0.306 e. The van der Waals surface area contributed by atoms with Gasteiger partial charge < -0.3 is 15.6 Å². The molecular formula is C11H23NO3. The molecule has 2 atom stereocenters. The predicted octanol–water partition coefficient (Wildman–Crippen LogP) is 1.49. The first kappa shape index (κ1) is 14.4. The van der Waals surface area contributed by atoms with Crippen LogP contribution in [0, 0.1) is 11.8 Å². The minimum absolute atomic E-state index is 0.167. The van der Waals surface area contributed by atoms with E-state index in [1.165, 1.54) is 0 Å². The maximum atomic E-state index is 11.0. The van der Waals surface area contributed by atoms with Crippen LogP contribution in [0.15, 0.2) is 0 Å². The molecule has 4 heteroatoms. The molecule has 0 radical (unpaired) electrons. The van der Waals surface area contributed by atoms with Crippen molar-refractivity contribution in [2.45, 2.75) is 32.6 Å². The minimum Gasteiger partial charge on any atom is -0.481 e. The Morgan fingerprint density at radius 1 is 1.40 bits per heavy atom. The third kappa shape index (κ3) is 6.47. The van der Waals surface area contributed by atoms with Crippen molar-refractivity contribution in [2.75, 3.05) is 20.3 Å². The smallest absolute Gasteiger partial charge is 0.306 e. The Hall–Kier alpha value is -0.610. The number of methoxy groups -OCH3 is 1. The summed E-state index contributed by atoms with van der Waals surface area (Å²) in [5.74, 6) is -0.789. The van der Waals surface area contributed by atoms with Crippen LogP contribution >= 0.6 is 0 Å². The van der Waals surface area contributed by atoms with E-state index in [0.717, 1.165) is 25.7 Å². The zero-order chi connectivity index (χ0) is 11.7. The van der Waals surface area contributed by atoms with Crippen LogP contribution in [0.4, 0.5) is 0 Å². The zero-order valence-corrected chi connectivity index (χ0v) is 9.74. The fraction of sp³-hybridized carbons (Fsp3) is 0.909. The summed E-state index contributed by atoms with van der Waals surface area (Å²) in [6.45, 7) is 3.24. The second-order valence-corrected chi connectivity index (χ2v) is 3.99. The van der Waals surface area contributed by atoms with Gasteiger partial charge in [0, 0.05) is 13.7 Å². The van der Waals surface area contributed by atoms with E-state index in [-0.39, 0.29) is 11.8 Å². The first-order valence-electron chi connectivity index (χ1n) is 5.55. The summed E-state index contributed by atoms with van der Waals surface area (Å²) in [6, 6.07) is 0. The van der Waals surface area contributed by atoms with Gasteiger partial charge in [0.1, 0.15) is 0 Å². The van der Waals surface area contributed by atoms with Crippen LogP contribution in [0.3, 0.4) is 0 Å². The van der Waals surface area contributed by atoms with Crippen LogP contribution in [0.5, 0.6) is 0 Å². The summed E-state index contributed by atoms with van der Waals surface area (Å²) in [5, 5.41) is 9.07. The summed E-state index contributed by atoms with van der Waals surface area (Å²) >= 11 is 0. The van der Waals surface area contributed by atoms with Gasteiger partial charge in [-0.15, -0.1) is 0 Å². The standard InChI is InChI=1S/C11H23NO3/c1-9(6-8-15-2)10(11(13)14)5-3-4-7-12/h9-10H,3-8,12H2,1-2H3,(H,13,14). The Balaban J connectivity index is 3.95. The van der Waals surface area contributed by atoms with Crippen molar-refractivity contribution in [1.82, 2.24) is 0 Å². The second-order valence-electron chi connectivity index (χ2n) is 3.99. The fourth-order valence-corrected chi connectivity index (χ4v) is 1.66. The molecule has 0 aliphatic heterocycles. The quantitative estimate of drug-likeness (QED) is 0.574. The third-order valence-corrected chi connectivity index (χ3v) is 2.75. The highest BCUT2D eigenvalue weighted by Crippen LogP contribution is 2.21. The van der Waals surface area contributed by atoms with Crippen molar-refractivity contribution in [2.24, 2.45) is 17.6 Å². The first-order chi connectivity index (χ1) is 7.13. The van der Waals surface area contributed by atoms with Gasteiger partial charge in [0.05, 0.1) is 5.92 Å². The molecule has 0 aromatic rings. The van der Waals surface area contributed by atoms with Crippen molar-refractivity contribution in [1.29, 1.82) is 0 Å². The van der Waals surface area contributed by atoms with E-state index >= 15 is 0 Å². The Morgan fingerprint density at radius 3 is 2.53 bits per heavy atom. The van der Waals surface area contributed by atoms with E-state index in [4.69, 9.17) is 15.6 Å². The lowest BCUT2D eigenvalue weighted by Crippen LogP contribution is -2.23. The van der Waals surface area contributed by atoms with Gasteiger partial charge in [-0.2, -0.15) is 0 Å². The van der Waals surface area contributed by atoms with E-state index in [2.05, 4.69) is 0 Å². The number of carboxylic acids is 1. The monoisotopic (exact) mass is 217 g/mol. The molecular weight excluding hydrogens is 194 g/mol. The van der Waals surface area contributed by atoms with Gasteiger partial charge in [-0.25, -0.2) is 0 Å². The Bertz CT molecular complexity index is 173. The van der Waals surface area contributed by atoms with Gasteiger partial charge in [-0.3, -0.25) is 4.79 Å². The van der Waals surface area contributed by atoms with E-state index in [0.29, 0.717) is 13.2 Å².